The molecule has 0 spiro atoms. The van der Waals surface area contributed by atoms with Gasteiger partial charge in [-0.3, -0.25) is 0 Å². The van der Waals surface area contributed by atoms with Gasteiger partial charge in [0, 0.05) is 12.2 Å². The number of fused-ring (bicyclic) bond motifs is 2. The van der Waals surface area contributed by atoms with E-state index in [1.54, 1.807) is 0 Å². The highest BCUT2D eigenvalue weighted by atomic mass is 16.3. The first-order valence-corrected chi connectivity index (χ1v) is 7.88. The monoisotopic (exact) mass is 282 g/mol. The van der Waals surface area contributed by atoms with Gasteiger partial charge in [0.15, 0.2) is 0 Å². The summed E-state index contributed by atoms with van der Waals surface area (Å²) in [6.07, 6.45) is 6.44. The number of aryl methyl sites for hydroxylation is 1. The van der Waals surface area contributed by atoms with Crippen molar-refractivity contribution in [3.8, 4) is 11.3 Å². The van der Waals surface area contributed by atoms with Gasteiger partial charge in [-0.1, -0.05) is 30.3 Å². The molecule has 4 rings (SSSR count). The van der Waals surface area contributed by atoms with Gasteiger partial charge < -0.3 is 5.11 Å². The van der Waals surface area contributed by atoms with E-state index in [0.717, 1.165) is 35.9 Å². The summed E-state index contributed by atoms with van der Waals surface area (Å²) in [6.45, 7) is 0.355. The van der Waals surface area contributed by atoms with Gasteiger partial charge >= 0.3 is 0 Å². The van der Waals surface area contributed by atoms with Crippen LogP contribution in [0, 0.1) is 17.8 Å². The summed E-state index contributed by atoms with van der Waals surface area (Å²) in [7, 11) is 0. The molecule has 1 heterocycles. The molecule has 0 radical (unpaired) electrons. The Morgan fingerprint density at radius 3 is 2.57 bits per heavy atom. The van der Waals surface area contributed by atoms with E-state index in [0.29, 0.717) is 12.5 Å². The Labute approximate surface area is 125 Å². The number of rotatable bonds is 2. The van der Waals surface area contributed by atoms with Crippen LogP contribution >= 0.6 is 0 Å². The molecule has 2 aliphatic rings. The van der Waals surface area contributed by atoms with E-state index in [9.17, 15) is 5.11 Å². The first-order chi connectivity index (χ1) is 10.4. The van der Waals surface area contributed by atoms with Crippen LogP contribution in [0.1, 0.15) is 24.0 Å². The van der Waals surface area contributed by atoms with Crippen molar-refractivity contribution in [1.29, 1.82) is 0 Å². The van der Waals surface area contributed by atoms with Crippen LogP contribution in [-0.2, 0) is 12.8 Å². The number of aliphatic hydroxyl groups is 1. The maximum absolute atomic E-state index is 9.45. The van der Waals surface area contributed by atoms with Crippen LogP contribution < -0.4 is 0 Å². The van der Waals surface area contributed by atoms with Crippen molar-refractivity contribution in [3.63, 3.8) is 0 Å². The third-order valence-corrected chi connectivity index (χ3v) is 5.29. The van der Waals surface area contributed by atoms with E-state index in [-0.39, 0.29) is 0 Å². The molecule has 1 saturated carbocycles. The van der Waals surface area contributed by atoms with Gasteiger partial charge in [0.05, 0.1) is 11.9 Å². The molecule has 108 valence electrons. The van der Waals surface area contributed by atoms with Crippen LogP contribution in [0.5, 0.6) is 0 Å². The highest BCUT2D eigenvalue weighted by Gasteiger charge is 2.48. The summed E-state index contributed by atoms with van der Waals surface area (Å²) in [6, 6.07) is 10.4. The molecule has 1 N–H and O–H groups in total. The van der Waals surface area contributed by atoms with Crippen LogP contribution in [0.2, 0.25) is 0 Å². The van der Waals surface area contributed by atoms with Gasteiger partial charge in [-0.2, -0.15) is 10.2 Å². The summed E-state index contributed by atoms with van der Waals surface area (Å²) in [4.78, 5) is 0. The van der Waals surface area contributed by atoms with Gasteiger partial charge in [-0.15, -0.1) is 0 Å². The molecule has 0 amide bonds. The second-order valence-electron chi connectivity index (χ2n) is 6.31. The lowest BCUT2D eigenvalue weighted by atomic mass is 9.92. The maximum Gasteiger partial charge on any atom is 0.0964 e. The average Bonchev–Trinajstić information content (AvgIpc) is 3.20. The van der Waals surface area contributed by atoms with E-state index in [1.165, 1.54) is 24.0 Å². The number of hydrogen-bond acceptors (Lipinski definition) is 3. The summed E-state index contributed by atoms with van der Waals surface area (Å²) >= 11 is 0. The highest BCUT2D eigenvalue weighted by molar-refractivity contribution is 5.63. The standard InChI is InChI=1S/C18H20N2O/c21-11-17-15-7-6-13-10-19-20-18(12-4-2-1-3-5-12)14(13)8-9-16(15)17/h1-5,10,15-17,21H,6-9,11H2/i19+1,20+1. The minimum absolute atomic E-state index is 0.355. The molecule has 0 bridgehead atoms. The van der Waals surface area contributed by atoms with E-state index < -0.39 is 0 Å². The van der Waals surface area contributed by atoms with Crippen molar-refractivity contribution in [2.75, 3.05) is 6.61 Å². The van der Waals surface area contributed by atoms with Crippen molar-refractivity contribution >= 4 is 0 Å². The molecule has 0 aliphatic heterocycles. The van der Waals surface area contributed by atoms with Crippen molar-refractivity contribution in [3.05, 3.63) is 47.7 Å². The van der Waals surface area contributed by atoms with Crippen molar-refractivity contribution in [1.82, 2.24) is 10.2 Å². The second kappa shape index (κ2) is 5.23. The van der Waals surface area contributed by atoms with Gasteiger partial charge in [-0.25, -0.2) is 0 Å². The van der Waals surface area contributed by atoms with Gasteiger partial charge in [-0.05, 0) is 54.6 Å². The zero-order valence-corrected chi connectivity index (χ0v) is 12.1. The second-order valence-corrected chi connectivity index (χ2v) is 6.31. The molecule has 3 atom stereocenters. The van der Waals surface area contributed by atoms with Crippen LogP contribution in [-0.4, -0.2) is 21.9 Å². The fourth-order valence-electron chi connectivity index (χ4n) is 4.05. The predicted molar refractivity (Wildman–Crippen MR) is 81.7 cm³/mol. The smallest absolute Gasteiger partial charge is 0.0964 e. The average molecular weight is 282 g/mol. The number of aromatic nitrogens is 2. The quantitative estimate of drug-likeness (QED) is 0.921. The summed E-state index contributed by atoms with van der Waals surface area (Å²) in [5, 5.41) is 18.1. The summed E-state index contributed by atoms with van der Waals surface area (Å²) in [5.74, 6) is 2.00. The molecule has 2 aromatic rings. The molecule has 2 aliphatic carbocycles. The SMILES string of the molecule is OCC1C2CCc3c[15n][15n]c(-c4ccccc4)c3CCC12. The van der Waals surface area contributed by atoms with E-state index >= 15 is 0 Å². The third-order valence-electron chi connectivity index (χ3n) is 5.29. The molecule has 3 heteroatoms. The number of benzene rings is 1. The molecule has 1 aromatic heterocycles. The molecular weight excluding hydrogens is 262 g/mol. The lowest BCUT2D eigenvalue weighted by Gasteiger charge is -2.15. The van der Waals surface area contributed by atoms with Crippen molar-refractivity contribution in [2.24, 2.45) is 17.8 Å². The largest absolute Gasteiger partial charge is 0.396 e. The Morgan fingerprint density at radius 1 is 1.05 bits per heavy atom. The summed E-state index contributed by atoms with van der Waals surface area (Å²) < 4.78 is 0. The normalized spacial score (nSPS) is 27.2. The van der Waals surface area contributed by atoms with E-state index in [1.807, 2.05) is 12.3 Å². The Balaban J connectivity index is 1.69. The molecule has 1 fully saturated rings. The number of aliphatic hydroxyl groups excluding tert-OH is 1. The Morgan fingerprint density at radius 2 is 1.81 bits per heavy atom. The van der Waals surface area contributed by atoms with Crippen LogP contribution in [0.15, 0.2) is 36.5 Å². The van der Waals surface area contributed by atoms with Crippen LogP contribution in [0.3, 0.4) is 0 Å². The van der Waals surface area contributed by atoms with Gasteiger partial charge in [0.1, 0.15) is 0 Å². The van der Waals surface area contributed by atoms with Gasteiger partial charge in [0.2, 0.25) is 0 Å². The lowest BCUT2D eigenvalue weighted by Crippen LogP contribution is -2.06. The Bertz CT molecular complexity index is 641. The fraction of sp³-hybridized carbons (Fsp3) is 0.444. The maximum atomic E-state index is 9.45. The molecule has 0 saturated heterocycles. The highest BCUT2D eigenvalue weighted by Crippen LogP contribution is 2.52. The number of nitrogens with zero attached hydrogens (tertiary/aromatic N) is 2. The zero-order valence-electron chi connectivity index (χ0n) is 12.1. The van der Waals surface area contributed by atoms with Crippen molar-refractivity contribution < 1.29 is 5.11 Å². The van der Waals surface area contributed by atoms with Crippen LogP contribution in [0.25, 0.3) is 11.3 Å². The molecule has 21 heavy (non-hydrogen) atoms. The topological polar surface area (TPSA) is 46.0 Å². The first-order valence-electron chi connectivity index (χ1n) is 7.88. The van der Waals surface area contributed by atoms with E-state index in [2.05, 4.69) is 34.5 Å². The van der Waals surface area contributed by atoms with Crippen molar-refractivity contribution in [2.45, 2.75) is 25.7 Å². The molecular formula is C18H20N2O. The Hall–Kier alpha value is -1.74. The van der Waals surface area contributed by atoms with Crippen LogP contribution in [0.4, 0.5) is 0 Å². The third kappa shape index (κ3) is 2.26. The fourth-order valence-corrected chi connectivity index (χ4v) is 4.05. The first kappa shape index (κ1) is 13.0. The number of hydrogen-bond donors (Lipinski definition) is 1. The predicted octanol–water partition coefficient (Wildman–Crippen LogP) is 2.88. The van der Waals surface area contributed by atoms with Gasteiger partial charge in [0.25, 0.3) is 0 Å². The van der Waals surface area contributed by atoms with E-state index in [4.69, 9.17) is 0 Å². The molecule has 1 aromatic carbocycles. The Kier molecular flexibility index (Phi) is 3.23. The molecule has 3 unspecified atom stereocenters. The minimum atomic E-state index is 0.355. The zero-order chi connectivity index (χ0) is 14.2. The minimum Gasteiger partial charge on any atom is -0.396 e. The molecule has 3 nitrogen and oxygen atoms in total. The summed E-state index contributed by atoms with van der Waals surface area (Å²) in [5.41, 5.74) is 4.94. The lowest BCUT2D eigenvalue weighted by molar-refractivity contribution is 0.262.